The SMILES string of the molecule is COc1cc(-c2scnc2C)ccc1CNC(=O)[C@@H]1C[C@@H](O)CN1C(=O)C(c1cc(C)no1)C(C)C. The van der Waals surface area contributed by atoms with Crippen molar-refractivity contribution in [1.29, 1.82) is 0 Å². The van der Waals surface area contributed by atoms with Crippen molar-refractivity contribution in [3.63, 3.8) is 0 Å². The van der Waals surface area contributed by atoms with Crippen LogP contribution in [0.3, 0.4) is 0 Å². The summed E-state index contributed by atoms with van der Waals surface area (Å²) in [6.45, 7) is 7.93. The van der Waals surface area contributed by atoms with Crippen LogP contribution >= 0.6 is 11.3 Å². The minimum absolute atomic E-state index is 0.0729. The van der Waals surface area contributed by atoms with Crippen LogP contribution in [0, 0.1) is 19.8 Å². The fourth-order valence-corrected chi connectivity index (χ4v) is 5.46. The molecule has 3 heterocycles. The number of aliphatic hydroxyl groups is 1. The molecule has 0 saturated carbocycles. The summed E-state index contributed by atoms with van der Waals surface area (Å²) < 4.78 is 11.0. The minimum Gasteiger partial charge on any atom is -0.496 e. The molecule has 3 aromatic rings. The van der Waals surface area contributed by atoms with Crippen LogP contribution in [0.15, 0.2) is 34.3 Å². The van der Waals surface area contributed by atoms with E-state index in [1.165, 1.54) is 4.90 Å². The lowest BCUT2D eigenvalue weighted by molar-refractivity contribution is -0.141. The lowest BCUT2D eigenvalue weighted by atomic mass is 9.91. The third-order valence-corrected chi connectivity index (χ3v) is 7.48. The highest BCUT2D eigenvalue weighted by atomic mass is 32.1. The average Bonchev–Trinajstić information content (AvgIpc) is 3.57. The summed E-state index contributed by atoms with van der Waals surface area (Å²) in [5, 5.41) is 17.2. The molecule has 192 valence electrons. The van der Waals surface area contributed by atoms with Gasteiger partial charge in [-0.05, 0) is 31.4 Å². The van der Waals surface area contributed by atoms with E-state index in [0.717, 1.165) is 21.7 Å². The number of amides is 2. The van der Waals surface area contributed by atoms with E-state index in [1.807, 2.05) is 44.5 Å². The molecule has 3 atom stereocenters. The third-order valence-electron chi connectivity index (χ3n) is 6.50. The smallest absolute Gasteiger partial charge is 0.243 e. The Morgan fingerprint density at radius 1 is 1.31 bits per heavy atom. The normalized spacial score (nSPS) is 18.5. The van der Waals surface area contributed by atoms with Crippen molar-refractivity contribution in [3.8, 4) is 16.2 Å². The molecule has 1 aromatic carbocycles. The molecular formula is C26H32N4O5S. The van der Waals surface area contributed by atoms with Crippen molar-refractivity contribution in [2.24, 2.45) is 5.92 Å². The van der Waals surface area contributed by atoms with Crippen LogP contribution in [0.1, 0.15) is 48.9 Å². The second kappa shape index (κ2) is 10.8. The second-order valence-corrected chi connectivity index (χ2v) is 10.4. The molecule has 0 spiro atoms. The Hall–Kier alpha value is -3.24. The molecule has 2 aromatic heterocycles. The summed E-state index contributed by atoms with van der Waals surface area (Å²) in [5.41, 5.74) is 5.25. The molecule has 1 aliphatic rings. The number of ether oxygens (including phenoxy) is 1. The van der Waals surface area contributed by atoms with Gasteiger partial charge in [-0.15, -0.1) is 11.3 Å². The number of thiazole rings is 1. The Morgan fingerprint density at radius 2 is 2.08 bits per heavy atom. The second-order valence-electron chi connectivity index (χ2n) is 9.50. The van der Waals surface area contributed by atoms with Crippen LogP contribution in [0.2, 0.25) is 0 Å². The predicted octanol–water partition coefficient (Wildman–Crippen LogP) is 3.44. The summed E-state index contributed by atoms with van der Waals surface area (Å²) in [5.74, 6) is -0.110. The Labute approximate surface area is 214 Å². The van der Waals surface area contributed by atoms with Crippen LogP contribution < -0.4 is 10.1 Å². The monoisotopic (exact) mass is 512 g/mol. The number of carbonyl (C=O) groups is 2. The number of hydrogen-bond donors (Lipinski definition) is 2. The molecular weight excluding hydrogens is 480 g/mol. The zero-order chi connectivity index (χ0) is 26.0. The molecule has 0 aliphatic carbocycles. The van der Waals surface area contributed by atoms with Gasteiger partial charge in [0.1, 0.15) is 23.5 Å². The van der Waals surface area contributed by atoms with Crippen molar-refractivity contribution < 1.29 is 24.0 Å². The van der Waals surface area contributed by atoms with Gasteiger partial charge in [-0.25, -0.2) is 4.98 Å². The van der Waals surface area contributed by atoms with Gasteiger partial charge in [-0.2, -0.15) is 0 Å². The number of aromatic nitrogens is 2. The number of likely N-dealkylation sites (tertiary alicyclic amines) is 1. The van der Waals surface area contributed by atoms with Crippen molar-refractivity contribution in [2.45, 2.75) is 58.7 Å². The van der Waals surface area contributed by atoms with Crippen LogP contribution in [0.5, 0.6) is 5.75 Å². The molecule has 0 bridgehead atoms. The lowest BCUT2D eigenvalue weighted by Gasteiger charge is -2.28. The molecule has 36 heavy (non-hydrogen) atoms. The Balaban J connectivity index is 1.48. The Bertz CT molecular complexity index is 1240. The van der Waals surface area contributed by atoms with E-state index in [-0.39, 0.29) is 37.2 Å². The highest BCUT2D eigenvalue weighted by Crippen LogP contribution is 2.33. The Kier molecular flexibility index (Phi) is 7.75. The first-order valence-corrected chi connectivity index (χ1v) is 12.8. The number of aliphatic hydroxyl groups excluding tert-OH is 1. The average molecular weight is 513 g/mol. The van der Waals surface area contributed by atoms with E-state index in [2.05, 4.69) is 15.5 Å². The molecule has 2 amide bonds. The fraction of sp³-hybridized carbons (Fsp3) is 0.462. The van der Waals surface area contributed by atoms with E-state index >= 15 is 0 Å². The van der Waals surface area contributed by atoms with Gasteiger partial charge in [-0.3, -0.25) is 9.59 Å². The van der Waals surface area contributed by atoms with Gasteiger partial charge in [0, 0.05) is 31.1 Å². The third kappa shape index (κ3) is 5.29. The summed E-state index contributed by atoms with van der Waals surface area (Å²) >= 11 is 1.56. The van der Waals surface area contributed by atoms with E-state index in [4.69, 9.17) is 9.26 Å². The highest BCUT2D eigenvalue weighted by Gasteiger charge is 2.43. The van der Waals surface area contributed by atoms with Crippen molar-refractivity contribution in [2.75, 3.05) is 13.7 Å². The lowest BCUT2D eigenvalue weighted by Crippen LogP contribution is -2.48. The van der Waals surface area contributed by atoms with Crippen LogP contribution in [0.25, 0.3) is 10.4 Å². The van der Waals surface area contributed by atoms with E-state index < -0.39 is 18.1 Å². The number of methoxy groups -OCH3 is 1. The van der Waals surface area contributed by atoms with Crippen LogP contribution in [0.4, 0.5) is 0 Å². The maximum Gasteiger partial charge on any atom is 0.243 e. The van der Waals surface area contributed by atoms with Crippen molar-refractivity contribution >= 4 is 23.2 Å². The van der Waals surface area contributed by atoms with E-state index in [1.54, 1.807) is 31.4 Å². The first-order chi connectivity index (χ1) is 17.2. The summed E-state index contributed by atoms with van der Waals surface area (Å²) in [6.07, 6.45) is -0.594. The molecule has 0 radical (unpaired) electrons. The van der Waals surface area contributed by atoms with Gasteiger partial charge in [0.2, 0.25) is 11.8 Å². The van der Waals surface area contributed by atoms with Gasteiger partial charge in [0.05, 0.1) is 35.0 Å². The molecule has 1 saturated heterocycles. The zero-order valence-electron chi connectivity index (χ0n) is 21.1. The first kappa shape index (κ1) is 25.8. The van der Waals surface area contributed by atoms with Crippen LogP contribution in [-0.4, -0.2) is 57.8 Å². The topological polar surface area (TPSA) is 118 Å². The molecule has 1 unspecified atom stereocenters. The minimum atomic E-state index is -0.775. The largest absolute Gasteiger partial charge is 0.496 e. The number of benzene rings is 1. The number of rotatable bonds is 8. The molecule has 10 heteroatoms. The number of carbonyl (C=O) groups excluding carboxylic acids is 2. The summed E-state index contributed by atoms with van der Waals surface area (Å²) in [4.78, 5) is 33.6. The van der Waals surface area contributed by atoms with Gasteiger partial charge in [-0.1, -0.05) is 31.1 Å². The number of nitrogens with one attached hydrogen (secondary N) is 1. The van der Waals surface area contributed by atoms with Gasteiger partial charge in [0.25, 0.3) is 0 Å². The summed E-state index contributed by atoms with van der Waals surface area (Å²) in [6, 6.07) is 6.80. The molecule has 1 aliphatic heterocycles. The standard InChI is InChI=1S/C26H32N4O5S/c1-14(2)23(22-8-15(3)29-35-22)26(33)30-12-19(31)10-20(30)25(32)27-11-18-7-6-17(9-21(18)34-5)24-16(4)28-13-36-24/h6-9,13-14,19-20,23,31H,10-12H2,1-5H3,(H,27,32)/t19-,20+,23?/m1/s1. The maximum atomic E-state index is 13.5. The van der Waals surface area contributed by atoms with Gasteiger partial charge < -0.3 is 24.6 Å². The quantitative estimate of drug-likeness (QED) is 0.475. The van der Waals surface area contributed by atoms with Crippen molar-refractivity contribution in [3.05, 3.63) is 52.5 Å². The molecule has 1 fully saturated rings. The number of hydrogen-bond acceptors (Lipinski definition) is 8. The summed E-state index contributed by atoms with van der Waals surface area (Å²) in [7, 11) is 1.59. The predicted molar refractivity (Wildman–Crippen MR) is 136 cm³/mol. The Morgan fingerprint density at radius 3 is 2.69 bits per heavy atom. The van der Waals surface area contributed by atoms with Gasteiger partial charge >= 0.3 is 0 Å². The van der Waals surface area contributed by atoms with Gasteiger partial charge in [0.15, 0.2) is 0 Å². The fourth-order valence-electron chi connectivity index (χ4n) is 4.66. The molecule has 4 rings (SSSR count). The van der Waals surface area contributed by atoms with Crippen LogP contribution in [-0.2, 0) is 16.1 Å². The van der Waals surface area contributed by atoms with E-state index in [0.29, 0.717) is 17.2 Å². The number of aryl methyl sites for hydroxylation is 2. The van der Waals surface area contributed by atoms with E-state index in [9.17, 15) is 14.7 Å². The highest BCUT2D eigenvalue weighted by molar-refractivity contribution is 7.13. The number of nitrogens with zero attached hydrogens (tertiary/aromatic N) is 3. The number of β-amino-alcohol motifs (C(OH)–C–C–N with tert-alkyl or cyclic N) is 1. The molecule has 9 nitrogen and oxygen atoms in total. The van der Waals surface area contributed by atoms with Crippen molar-refractivity contribution in [1.82, 2.24) is 20.4 Å². The zero-order valence-corrected chi connectivity index (χ0v) is 22.0. The first-order valence-electron chi connectivity index (χ1n) is 12.0. The maximum absolute atomic E-state index is 13.5. The molecule has 2 N–H and O–H groups in total.